The predicted octanol–water partition coefficient (Wildman–Crippen LogP) is 1.61. The van der Waals surface area contributed by atoms with E-state index in [1.807, 2.05) is 17.0 Å². The van der Waals surface area contributed by atoms with E-state index in [1.54, 1.807) is 29.0 Å². The maximum absolute atomic E-state index is 13.5. The molecule has 8 heteroatoms. The number of carbonyl (C=O) groups is 1. The van der Waals surface area contributed by atoms with Crippen molar-refractivity contribution in [2.75, 3.05) is 26.2 Å². The Morgan fingerprint density at radius 1 is 1.03 bits per heavy atom. The molecule has 3 aliphatic heterocycles. The summed E-state index contributed by atoms with van der Waals surface area (Å²) in [5.74, 6) is 0.812. The monoisotopic (exact) mass is 430 g/mol. The maximum atomic E-state index is 13.5. The molecule has 1 amide bonds. The van der Waals surface area contributed by atoms with Gasteiger partial charge in [-0.1, -0.05) is 6.07 Å². The van der Waals surface area contributed by atoms with Crippen molar-refractivity contribution in [1.29, 1.82) is 0 Å². The smallest absolute Gasteiger partial charge is 0.251 e. The molecule has 3 atom stereocenters. The first-order valence-corrected chi connectivity index (χ1v) is 10.5. The van der Waals surface area contributed by atoms with Crippen molar-refractivity contribution in [3.63, 3.8) is 0 Å². The number of carbonyl (C=O) groups excluding carboxylic acids is 1. The second-order valence-electron chi connectivity index (χ2n) is 8.54. The number of hydrogen-bond donors (Lipinski definition) is 2. The van der Waals surface area contributed by atoms with E-state index in [9.17, 15) is 14.4 Å². The molecule has 7 nitrogen and oxygen atoms in total. The van der Waals surface area contributed by atoms with Gasteiger partial charge in [0.1, 0.15) is 6.04 Å². The fraction of sp³-hybridized carbons (Fsp3) is 0.500. The number of halogens is 1. The molecule has 2 N–H and O–H groups in total. The number of hydrogen-bond acceptors (Lipinski definition) is 4. The van der Waals surface area contributed by atoms with Gasteiger partial charge in [-0.2, -0.15) is 0 Å². The highest BCUT2D eigenvalue weighted by atomic mass is 35.5. The lowest BCUT2D eigenvalue weighted by Gasteiger charge is -2.44. The summed E-state index contributed by atoms with van der Waals surface area (Å²) < 4.78 is 1.77. The molecule has 0 aliphatic carbocycles. The highest BCUT2D eigenvalue weighted by molar-refractivity contribution is 5.85. The third kappa shape index (κ3) is 3.61. The summed E-state index contributed by atoms with van der Waals surface area (Å²) in [6.45, 7) is 2.96. The highest BCUT2D eigenvalue weighted by Gasteiger charge is 2.43. The summed E-state index contributed by atoms with van der Waals surface area (Å²) in [5, 5.41) is 3.45. The molecule has 5 heterocycles. The lowest BCUT2D eigenvalue weighted by molar-refractivity contribution is -0.138. The fourth-order valence-electron chi connectivity index (χ4n) is 5.45. The Labute approximate surface area is 180 Å². The van der Waals surface area contributed by atoms with Crippen LogP contribution >= 0.6 is 12.4 Å². The first kappa shape index (κ1) is 20.9. The van der Waals surface area contributed by atoms with Crippen molar-refractivity contribution in [1.82, 2.24) is 19.8 Å². The highest BCUT2D eigenvalue weighted by Crippen LogP contribution is 2.40. The molecule has 0 radical (unpaired) electrons. The van der Waals surface area contributed by atoms with Gasteiger partial charge in [0.15, 0.2) is 0 Å². The van der Waals surface area contributed by atoms with Crippen LogP contribution in [0, 0.1) is 5.92 Å². The number of H-pyrrole nitrogens is 1. The zero-order valence-corrected chi connectivity index (χ0v) is 17.6. The molecule has 160 valence electrons. The van der Waals surface area contributed by atoms with Crippen molar-refractivity contribution >= 4 is 18.3 Å². The number of amides is 1. The van der Waals surface area contributed by atoms with Crippen molar-refractivity contribution in [2.45, 2.75) is 37.1 Å². The van der Waals surface area contributed by atoms with E-state index >= 15 is 0 Å². The summed E-state index contributed by atoms with van der Waals surface area (Å²) in [7, 11) is 0. The van der Waals surface area contributed by atoms with Gasteiger partial charge in [0.25, 0.3) is 5.56 Å². The van der Waals surface area contributed by atoms with Crippen molar-refractivity contribution in [3.8, 4) is 0 Å². The number of nitrogens with zero attached hydrogens (tertiary/aromatic N) is 2. The van der Waals surface area contributed by atoms with E-state index in [0.29, 0.717) is 24.9 Å². The Balaban J connectivity index is 0.00000218. The van der Waals surface area contributed by atoms with Crippen LogP contribution in [0.25, 0.3) is 0 Å². The first-order chi connectivity index (χ1) is 14.1. The van der Waals surface area contributed by atoms with Crippen LogP contribution in [0.1, 0.15) is 48.4 Å². The number of fused-ring (bicyclic) bond motifs is 4. The van der Waals surface area contributed by atoms with E-state index in [2.05, 4.69) is 10.3 Å². The molecule has 3 aliphatic rings. The minimum atomic E-state index is -0.418. The van der Waals surface area contributed by atoms with Crippen LogP contribution in [0.3, 0.4) is 0 Å². The molecular formula is C22H27ClN4O3. The van der Waals surface area contributed by atoms with Gasteiger partial charge in [-0.25, -0.2) is 0 Å². The molecule has 5 rings (SSSR count). The number of piperidine rings is 2. The summed E-state index contributed by atoms with van der Waals surface area (Å²) in [4.78, 5) is 42.4. The van der Waals surface area contributed by atoms with Crippen LogP contribution in [0.2, 0.25) is 0 Å². The van der Waals surface area contributed by atoms with Gasteiger partial charge in [0.2, 0.25) is 11.5 Å². The Morgan fingerprint density at radius 3 is 2.60 bits per heavy atom. The lowest BCUT2D eigenvalue weighted by atomic mass is 9.78. The average Bonchev–Trinajstić information content (AvgIpc) is 2.75. The number of aromatic nitrogens is 2. The van der Waals surface area contributed by atoms with Gasteiger partial charge in [-0.3, -0.25) is 19.0 Å². The quantitative estimate of drug-likeness (QED) is 0.757. The van der Waals surface area contributed by atoms with E-state index in [4.69, 9.17) is 0 Å². The molecular weight excluding hydrogens is 404 g/mol. The number of rotatable bonds is 2. The van der Waals surface area contributed by atoms with Crippen LogP contribution in [0.15, 0.2) is 46.1 Å². The van der Waals surface area contributed by atoms with Crippen LogP contribution in [-0.4, -0.2) is 46.5 Å². The molecule has 2 bridgehead atoms. The summed E-state index contributed by atoms with van der Waals surface area (Å²) in [5.41, 5.74) is 1.87. The van der Waals surface area contributed by atoms with Gasteiger partial charge < -0.3 is 15.2 Å². The minimum Gasteiger partial charge on any atom is -0.341 e. The topological polar surface area (TPSA) is 87.2 Å². The summed E-state index contributed by atoms with van der Waals surface area (Å²) in [6, 6.07) is 8.56. The van der Waals surface area contributed by atoms with Gasteiger partial charge in [-0.05, 0) is 42.9 Å². The molecule has 2 fully saturated rings. The Hall–Kier alpha value is -2.38. The van der Waals surface area contributed by atoms with Crippen LogP contribution in [0.4, 0.5) is 0 Å². The van der Waals surface area contributed by atoms with Gasteiger partial charge in [-0.15, -0.1) is 12.4 Å². The zero-order valence-electron chi connectivity index (χ0n) is 16.8. The maximum Gasteiger partial charge on any atom is 0.251 e. The van der Waals surface area contributed by atoms with E-state index in [1.165, 1.54) is 0 Å². The average molecular weight is 431 g/mol. The van der Waals surface area contributed by atoms with Crippen LogP contribution in [-0.2, 0) is 4.79 Å². The van der Waals surface area contributed by atoms with E-state index < -0.39 is 6.04 Å². The predicted molar refractivity (Wildman–Crippen MR) is 116 cm³/mol. The fourth-order valence-corrected chi connectivity index (χ4v) is 5.45. The lowest BCUT2D eigenvalue weighted by Crippen LogP contribution is -2.53. The van der Waals surface area contributed by atoms with E-state index in [0.717, 1.165) is 43.6 Å². The molecule has 0 unspecified atom stereocenters. The van der Waals surface area contributed by atoms with Gasteiger partial charge in [0.05, 0.1) is 0 Å². The normalized spacial score (nSPS) is 25.9. The molecule has 2 saturated heterocycles. The SMILES string of the molecule is Cl.O=C([C@H]1[C@@H]2CNC[C@@H](C2)c2cccc(=O)n21)N1CCC(c2cc[nH]c(=O)c2)CC1. The van der Waals surface area contributed by atoms with Crippen LogP contribution in [0.5, 0.6) is 0 Å². The Kier molecular flexibility index (Phi) is 5.84. The molecule has 0 aromatic carbocycles. The van der Waals surface area contributed by atoms with Crippen LogP contribution < -0.4 is 16.4 Å². The Bertz CT molecular complexity index is 1040. The number of aromatic amines is 1. The Morgan fingerprint density at radius 2 is 1.83 bits per heavy atom. The van der Waals surface area contributed by atoms with Crippen molar-refractivity contribution in [3.05, 3.63) is 68.5 Å². The first-order valence-electron chi connectivity index (χ1n) is 10.5. The molecule has 2 aromatic heterocycles. The molecule has 30 heavy (non-hydrogen) atoms. The number of pyridine rings is 2. The largest absolute Gasteiger partial charge is 0.341 e. The second kappa shape index (κ2) is 8.40. The standard InChI is InChI=1S/C22H26N4O3.ClH/c27-19-11-15(4-7-24-19)14-5-8-25(9-6-14)22(29)21-17-10-16(12-23-13-17)18-2-1-3-20(28)26(18)21;/h1-4,7,11,14,16-17,21,23H,5-6,8-10,12-13H2,(H,24,27);1H/t16-,17+,21-;/m1./s1. The number of likely N-dealkylation sites (tertiary alicyclic amines) is 1. The van der Waals surface area contributed by atoms with Gasteiger partial charge >= 0.3 is 0 Å². The third-order valence-electron chi connectivity index (χ3n) is 6.88. The third-order valence-corrected chi connectivity index (χ3v) is 6.88. The minimum absolute atomic E-state index is 0. The molecule has 0 spiro atoms. The zero-order chi connectivity index (χ0) is 20.0. The van der Waals surface area contributed by atoms with Gasteiger partial charge in [0, 0.05) is 62.0 Å². The van der Waals surface area contributed by atoms with Crippen molar-refractivity contribution < 1.29 is 4.79 Å². The van der Waals surface area contributed by atoms with Crippen molar-refractivity contribution in [2.24, 2.45) is 5.92 Å². The molecule has 2 aromatic rings. The summed E-state index contributed by atoms with van der Waals surface area (Å²) in [6.07, 6.45) is 4.32. The molecule has 0 saturated carbocycles. The summed E-state index contributed by atoms with van der Waals surface area (Å²) >= 11 is 0. The number of nitrogens with one attached hydrogen (secondary N) is 2. The second-order valence-corrected chi connectivity index (χ2v) is 8.54. The van der Waals surface area contributed by atoms with E-state index in [-0.39, 0.29) is 35.4 Å².